The number of anilines is 5. The minimum absolute atomic E-state index is 0.0281. The molecule has 1 aliphatic heterocycles. The lowest BCUT2D eigenvalue weighted by Crippen LogP contribution is -2.27. The number of hydrogen-bond donors (Lipinski definition) is 3. The van der Waals surface area contributed by atoms with E-state index in [2.05, 4.69) is 48.6 Å². The average molecular weight is 875 g/mol. The number of amides is 1. The molecule has 3 aromatic heterocycles. The minimum Gasteiger partial charge on any atom is -0.491 e. The monoisotopic (exact) mass is 874 g/mol. The van der Waals surface area contributed by atoms with E-state index in [-0.39, 0.29) is 44.4 Å². The summed E-state index contributed by atoms with van der Waals surface area (Å²) >= 11 is 2.84. The Morgan fingerprint density at radius 1 is 1.06 bits per heavy atom. The Kier molecular flexibility index (Phi) is 14.1. The number of carboxylic acid groups (broad SMARTS) is 1. The maximum absolute atomic E-state index is 15.1. The molecular weight excluding hydrogens is 832 g/mol. The summed E-state index contributed by atoms with van der Waals surface area (Å²) in [6.45, 7) is 3.27. The molecule has 3 N–H and O–H groups in total. The number of aromatic nitrogens is 4. The van der Waals surface area contributed by atoms with Gasteiger partial charge in [0, 0.05) is 47.9 Å². The van der Waals surface area contributed by atoms with Gasteiger partial charge in [0.25, 0.3) is 0 Å². The number of halogens is 1. The summed E-state index contributed by atoms with van der Waals surface area (Å²) in [6.07, 6.45) is 7.12. The highest BCUT2D eigenvalue weighted by atomic mass is 32.1. The molecule has 0 radical (unpaired) electrons. The number of terminal acetylenes is 1. The van der Waals surface area contributed by atoms with Crippen LogP contribution < -0.4 is 20.3 Å². The molecule has 14 nitrogen and oxygen atoms in total. The second kappa shape index (κ2) is 20.2. The first kappa shape index (κ1) is 43.3. The van der Waals surface area contributed by atoms with E-state index in [1.807, 2.05) is 61.3 Å². The van der Waals surface area contributed by atoms with Crippen LogP contribution in [0.1, 0.15) is 56.0 Å². The summed E-state index contributed by atoms with van der Waals surface area (Å²) in [6, 6.07) is 17.9. The van der Waals surface area contributed by atoms with Crippen LogP contribution in [0.4, 0.5) is 36.8 Å². The average Bonchev–Trinajstić information content (AvgIpc) is 3.90. The highest BCUT2D eigenvalue weighted by Gasteiger charge is 2.28. The normalized spacial score (nSPS) is 11.9. The number of carbonyl (C=O) groups excluding carboxylic acids is 1. The van der Waals surface area contributed by atoms with Crippen LogP contribution in [0.25, 0.3) is 10.2 Å². The molecule has 0 fully saturated rings. The van der Waals surface area contributed by atoms with E-state index in [0.717, 1.165) is 56.1 Å². The summed E-state index contributed by atoms with van der Waals surface area (Å²) in [5.41, 5.74) is 5.76. The zero-order chi connectivity index (χ0) is 43.6. The molecule has 7 rings (SSSR count). The SMILES string of the molecule is C#CCOCc1cc(NC)ccc1COC(=O)N(C)CC#Cc1ccc(OCCCc2sc(N3CCCc4c3nnc(Nc3nc5ccccc5s3)c4C)nc2C(=O)O)c(F)c1. The van der Waals surface area contributed by atoms with Crippen molar-refractivity contribution in [2.75, 3.05) is 55.9 Å². The molecule has 0 saturated carbocycles. The van der Waals surface area contributed by atoms with E-state index in [1.54, 1.807) is 24.5 Å². The van der Waals surface area contributed by atoms with E-state index in [9.17, 15) is 14.7 Å². The van der Waals surface area contributed by atoms with Gasteiger partial charge in [-0.3, -0.25) is 0 Å². The van der Waals surface area contributed by atoms with E-state index in [1.165, 1.54) is 28.4 Å². The van der Waals surface area contributed by atoms with Crippen molar-refractivity contribution in [2.45, 2.75) is 45.8 Å². The lowest BCUT2D eigenvalue weighted by atomic mass is 10.0. The van der Waals surface area contributed by atoms with Crippen molar-refractivity contribution in [2.24, 2.45) is 0 Å². The lowest BCUT2D eigenvalue weighted by molar-refractivity contribution is 0.0690. The van der Waals surface area contributed by atoms with Crippen LogP contribution in [0.15, 0.2) is 60.7 Å². The standard InChI is InChI=1S/C45H43FN8O6S2/c1-5-22-58-26-31-25-32(47-3)18-17-30(31)27-60-45(57)53(4)20-8-11-29-16-19-36(34(46)24-29)59-23-10-15-38-39(42(55)56)49-44(62-38)54-21-9-12-33-28(2)40(51-52-41(33)54)50-43-48-35-13-6-7-14-37(35)61-43/h1,6-7,13-14,16-19,24-25,47H,9-10,12,15,20-23,26-27H2,2-4H3,(H,55,56)(H,48,50,51). The van der Waals surface area contributed by atoms with Gasteiger partial charge in [0.2, 0.25) is 0 Å². The fourth-order valence-electron chi connectivity index (χ4n) is 6.66. The Hall–Kier alpha value is -6.79. The van der Waals surface area contributed by atoms with Gasteiger partial charge < -0.3 is 39.8 Å². The Morgan fingerprint density at radius 2 is 1.92 bits per heavy atom. The number of aryl methyl sites for hydroxylation is 1. The summed E-state index contributed by atoms with van der Waals surface area (Å²) < 4.78 is 32.8. The second-order valence-electron chi connectivity index (χ2n) is 14.2. The maximum atomic E-state index is 15.1. The third-order valence-corrected chi connectivity index (χ3v) is 12.0. The molecule has 62 heavy (non-hydrogen) atoms. The number of thiazole rings is 2. The van der Waals surface area contributed by atoms with Crippen LogP contribution in [0.5, 0.6) is 5.75 Å². The van der Waals surface area contributed by atoms with Crippen LogP contribution in [0, 0.1) is 36.9 Å². The number of carboxylic acids is 1. The molecule has 0 atom stereocenters. The number of para-hydroxylation sites is 1. The Balaban J connectivity index is 0.909. The van der Waals surface area contributed by atoms with Crippen molar-refractivity contribution in [3.63, 3.8) is 0 Å². The van der Waals surface area contributed by atoms with E-state index >= 15 is 4.39 Å². The van der Waals surface area contributed by atoms with Crippen LogP contribution in [-0.2, 0) is 35.5 Å². The highest BCUT2D eigenvalue weighted by molar-refractivity contribution is 7.22. The van der Waals surface area contributed by atoms with E-state index in [4.69, 9.17) is 20.6 Å². The Bertz CT molecular complexity index is 2670. The van der Waals surface area contributed by atoms with Crippen LogP contribution in [0.2, 0.25) is 0 Å². The maximum Gasteiger partial charge on any atom is 0.410 e. The molecule has 0 unspecified atom stereocenters. The fourth-order valence-corrected chi connectivity index (χ4v) is 8.65. The van der Waals surface area contributed by atoms with Gasteiger partial charge in [-0.25, -0.2) is 23.9 Å². The lowest BCUT2D eigenvalue weighted by Gasteiger charge is -2.28. The van der Waals surface area contributed by atoms with Crippen molar-refractivity contribution >= 4 is 72.5 Å². The quantitative estimate of drug-likeness (QED) is 0.0629. The number of nitrogens with one attached hydrogen (secondary N) is 2. The molecule has 3 aromatic carbocycles. The van der Waals surface area contributed by atoms with Crippen LogP contribution in [0.3, 0.4) is 0 Å². The number of carbonyl (C=O) groups is 2. The fraction of sp³-hybridized carbons (Fsp3) is 0.289. The first-order valence-corrected chi connectivity index (χ1v) is 21.3. The van der Waals surface area contributed by atoms with Crippen molar-refractivity contribution in [1.29, 1.82) is 0 Å². The summed E-state index contributed by atoms with van der Waals surface area (Å²) in [5.74, 6) is 7.78. The van der Waals surface area contributed by atoms with E-state index < -0.39 is 17.9 Å². The van der Waals surface area contributed by atoms with Gasteiger partial charge in [-0.15, -0.1) is 28.0 Å². The highest BCUT2D eigenvalue weighted by Crippen LogP contribution is 2.39. The first-order valence-electron chi connectivity index (χ1n) is 19.7. The molecule has 0 spiro atoms. The number of aromatic carboxylic acids is 1. The van der Waals surface area contributed by atoms with Gasteiger partial charge in [0.05, 0.1) is 30.0 Å². The van der Waals surface area contributed by atoms with Gasteiger partial charge in [0.15, 0.2) is 39.2 Å². The van der Waals surface area contributed by atoms with Gasteiger partial charge in [-0.2, -0.15) is 0 Å². The molecule has 0 saturated heterocycles. The van der Waals surface area contributed by atoms with Gasteiger partial charge >= 0.3 is 12.1 Å². The second-order valence-corrected chi connectivity index (χ2v) is 16.2. The first-order chi connectivity index (χ1) is 30.1. The predicted molar refractivity (Wildman–Crippen MR) is 238 cm³/mol. The molecule has 1 amide bonds. The van der Waals surface area contributed by atoms with Gasteiger partial charge in [-0.05, 0) is 86.2 Å². The molecule has 0 bridgehead atoms. The Morgan fingerprint density at radius 3 is 2.71 bits per heavy atom. The number of benzene rings is 3. The summed E-state index contributed by atoms with van der Waals surface area (Å²) in [4.78, 5) is 38.0. The minimum atomic E-state index is -1.13. The smallest absolute Gasteiger partial charge is 0.410 e. The molecule has 1 aliphatic rings. The number of hydrogen-bond acceptors (Lipinski definition) is 14. The topological polar surface area (TPSA) is 164 Å². The molecule has 4 heterocycles. The van der Waals surface area contributed by atoms with Gasteiger partial charge in [-0.1, -0.05) is 47.3 Å². The zero-order valence-electron chi connectivity index (χ0n) is 34.3. The number of rotatable bonds is 16. The third kappa shape index (κ3) is 10.4. The van der Waals surface area contributed by atoms with Crippen LogP contribution >= 0.6 is 22.7 Å². The molecule has 0 aliphatic carbocycles. The van der Waals surface area contributed by atoms with Gasteiger partial charge in [0.1, 0.15) is 13.2 Å². The van der Waals surface area contributed by atoms with Crippen LogP contribution in [-0.4, -0.2) is 82.6 Å². The van der Waals surface area contributed by atoms with Crippen molar-refractivity contribution < 1.29 is 33.3 Å². The van der Waals surface area contributed by atoms with Crippen molar-refractivity contribution in [3.05, 3.63) is 105 Å². The van der Waals surface area contributed by atoms with Crippen molar-refractivity contribution in [3.8, 4) is 29.9 Å². The number of ether oxygens (including phenoxy) is 3. The van der Waals surface area contributed by atoms with E-state index in [0.29, 0.717) is 46.6 Å². The number of nitrogens with zero attached hydrogens (tertiary/aromatic N) is 6. The molecule has 17 heteroatoms. The summed E-state index contributed by atoms with van der Waals surface area (Å²) in [5, 5.41) is 26.8. The largest absolute Gasteiger partial charge is 0.491 e. The molecule has 6 aromatic rings. The van der Waals surface area contributed by atoms with Crippen molar-refractivity contribution in [1.82, 2.24) is 25.1 Å². The molecular formula is C45H43FN8O6S2. The summed E-state index contributed by atoms with van der Waals surface area (Å²) in [7, 11) is 3.37. The third-order valence-electron chi connectivity index (χ3n) is 9.91. The molecule has 318 valence electrons. The predicted octanol–water partition coefficient (Wildman–Crippen LogP) is 8.34. The zero-order valence-corrected chi connectivity index (χ0v) is 35.9. The Labute approximate surface area is 366 Å². The number of fused-ring (bicyclic) bond motifs is 2.